The van der Waals surface area contributed by atoms with Crippen LogP contribution in [0.15, 0.2) is 54.9 Å². The van der Waals surface area contributed by atoms with Crippen molar-refractivity contribution >= 4 is 44.8 Å². The number of fused-ring (bicyclic) bond motifs is 2. The van der Waals surface area contributed by atoms with Crippen molar-refractivity contribution in [1.82, 2.24) is 19.8 Å². The second kappa shape index (κ2) is 8.26. The first kappa shape index (κ1) is 21.0. The molecule has 1 aliphatic rings. The van der Waals surface area contributed by atoms with Gasteiger partial charge < -0.3 is 19.2 Å². The van der Waals surface area contributed by atoms with Gasteiger partial charge in [0.2, 0.25) is 0 Å². The number of carbonyl (C=O) groups excluding carboxylic acids is 2. The number of amides is 2. The Labute approximate surface area is 191 Å². The van der Waals surface area contributed by atoms with E-state index in [4.69, 9.17) is 4.74 Å². The topological polar surface area (TPSA) is 79.4 Å². The first-order chi connectivity index (χ1) is 16.0. The third-order valence-corrected chi connectivity index (χ3v) is 6.15. The molecular weight excluding hydrogens is 416 g/mol. The van der Waals surface area contributed by atoms with Gasteiger partial charge in [-0.3, -0.25) is 14.9 Å². The predicted octanol–water partition coefficient (Wildman–Crippen LogP) is 3.65. The van der Waals surface area contributed by atoms with Gasteiger partial charge in [-0.1, -0.05) is 24.3 Å². The van der Waals surface area contributed by atoms with Gasteiger partial charge in [0.05, 0.1) is 23.8 Å². The van der Waals surface area contributed by atoms with Crippen molar-refractivity contribution in [2.75, 3.05) is 27.7 Å². The number of para-hydroxylation sites is 1. The highest BCUT2D eigenvalue weighted by Gasteiger charge is 2.35. The minimum Gasteiger partial charge on any atom is -0.496 e. The highest BCUT2D eigenvalue weighted by Crippen LogP contribution is 2.41. The fraction of sp³-hybridized carbons (Fsp3) is 0.231. The van der Waals surface area contributed by atoms with Crippen molar-refractivity contribution in [3.8, 4) is 5.75 Å². The summed E-state index contributed by atoms with van der Waals surface area (Å²) in [5, 5.41) is 4.25. The molecule has 0 spiro atoms. The third-order valence-electron chi connectivity index (χ3n) is 6.15. The molecule has 0 bridgehead atoms. The number of hydrogen-bond acceptors (Lipinski definition) is 4. The van der Waals surface area contributed by atoms with Gasteiger partial charge in [0.1, 0.15) is 5.75 Å². The van der Waals surface area contributed by atoms with Gasteiger partial charge in [0.15, 0.2) is 0 Å². The molecule has 0 fully saturated rings. The Bertz CT molecular complexity index is 1420. The molecule has 4 aromatic rings. The molecule has 7 nitrogen and oxygen atoms in total. The van der Waals surface area contributed by atoms with Crippen molar-refractivity contribution in [3.63, 3.8) is 0 Å². The molecule has 33 heavy (non-hydrogen) atoms. The van der Waals surface area contributed by atoms with Crippen LogP contribution in [0, 0.1) is 0 Å². The normalized spacial score (nSPS) is 14.2. The molecule has 0 radical (unpaired) electrons. The molecule has 3 heterocycles. The van der Waals surface area contributed by atoms with Gasteiger partial charge in [-0.15, -0.1) is 0 Å². The summed E-state index contributed by atoms with van der Waals surface area (Å²) in [5.41, 5.74) is 4.07. The number of aryl methyl sites for hydroxylation is 1. The van der Waals surface area contributed by atoms with E-state index in [2.05, 4.69) is 33.9 Å². The number of benzene rings is 2. The average Bonchev–Trinajstić information content (AvgIpc) is 3.46. The van der Waals surface area contributed by atoms with E-state index in [0.29, 0.717) is 28.0 Å². The lowest BCUT2D eigenvalue weighted by atomic mass is 9.95. The summed E-state index contributed by atoms with van der Waals surface area (Å²) in [4.78, 5) is 31.5. The van der Waals surface area contributed by atoms with E-state index in [1.165, 1.54) is 0 Å². The van der Waals surface area contributed by atoms with E-state index < -0.39 is 5.91 Å². The fourth-order valence-electron chi connectivity index (χ4n) is 4.67. The molecule has 1 aliphatic heterocycles. The molecule has 2 aromatic heterocycles. The molecular formula is C26H26N4O3. The average molecular weight is 443 g/mol. The van der Waals surface area contributed by atoms with Crippen molar-refractivity contribution < 1.29 is 14.3 Å². The number of nitrogens with zero attached hydrogens (tertiary/aromatic N) is 2. The number of aromatic amines is 1. The second-order valence-corrected chi connectivity index (χ2v) is 8.53. The van der Waals surface area contributed by atoms with Crippen LogP contribution in [0.5, 0.6) is 5.75 Å². The summed E-state index contributed by atoms with van der Waals surface area (Å²) in [5.74, 6) is -0.103. The summed E-state index contributed by atoms with van der Waals surface area (Å²) < 4.78 is 7.82. The fourth-order valence-corrected chi connectivity index (χ4v) is 4.67. The molecule has 7 heteroatoms. The van der Waals surface area contributed by atoms with Crippen LogP contribution in [-0.4, -0.2) is 54.0 Å². The maximum atomic E-state index is 13.1. The molecule has 0 saturated heterocycles. The van der Waals surface area contributed by atoms with Crippen LogP contribution in [0.2, 0.25) is 0 Å². The van der Waals surface area contributed by atoms with Crippen molar-refractivity contribution in [3.05, 3.63) is 66.0 Å². The maximum Gasteiger partial charge on any atom is 0.259 e. The largest absolute Gasteiger partial charge is 0.496 e. The summed E-state index contributed by atoms with van der Waals surface area (Å²) >= 11 is 0. The molecule has 0 unspecified atom stereocenters. The minimum atomic E-state index is -0.390. The minimum absolute atomic E-state index is 0.380. The van der Waals surface area contributed by atoms with Gasteiger partial charge in [-0.2, -0.15) is 0 Å². The van der Waals surface area contributed by atoms with E-state index in [-0.39, 0.29) is 5.91 Å². The zero-order chi connectivity index (χ0) is 23.1. The van der Waals surface area contributed by atoms with E-state index in [9.17, 15) is 9.59 Å². The Morgan fingerprint density at radius 1 is 0.970 bits per heavy atom. The van der Waals surface area contributed by atoms with Gasteiger partial charge in [0.25, 0.3) is 11.8 Å². The predicted molar refractivity (Wildman–Crippen MR) is 130 cm³/mol. The van der Waals surface area contributed by atoms with Gasteiger partial charge in [0, 0.05) is 46.4 Å². The molecule has 0 atom stereocenters. The van der Waals surface area contributed by atoms with Crippen LogP contribution in [0.25, 0.3) is 33.0 Å². The Morgan fingerprint density at radius 2 is 1.73 bits per heavy atom. The van der Waals surface area contributed by atoms with Crippen LogP contribution >= 0.6 is 0 Å². The van der Waals surface area contributed by atoms with Crippen LogP contribution in [-0.2, 0) is 16.1 Å². The Kier molecular flexibility index (Phi) is 5.26. The number of methoxy groups -OCH3 is 1. The van der Waals surface area contributed by atoms with E-state index >= 15 is 0 Å². The zero-order valence-electron chi connectivity index (χ0n) is 18.9. The number of aromatic nitrogens is 2. The highest BCUT2D eigenvalue weighted by atomic mass is 16.5. The molecule has 0 saturated carbocycles. The highest BCUT2D eigenvalue weighted by molar-refractivity contribution is 6.51. The Balaban J connectivity index is 1.75. The van der Waals surface area contributed by atoms with Crippen molar-refractivity contribution in [2.45, 2.75) is 13.0 Å². The molecule has 2 amide bonds. The Morgan fingerprint density at radius 3 is 2.48 bits per heavy atom. The molecule has 2 N–H and O–H groups in total. The Hall–Kier alpha value is -3.84. The quantitative estimate of drug-likeness (QED) is 0.428. The van der Waals surface area contributed by atoms with Crippen LogP contribution < -0.4 is 10.1 Å². The molecule has 2 aromatic carbocycles. The van der Waals surface area contributed by atoms with Gasteiger partial charge in [-0.25, -0.2) is 0 Å². The molecule has 0 aliphatic carbocycles. The lowest BCUT2D eigenvalue weighted by molar-refractivity contribution is -0.122. The number of ether oxygens (including phenoxy) is 1. The van der Waals surface area contributed by atoms with Crippen molar-refractivity contribution in [2.24, 2.45) is 0 Å². The van der Waals surface area contributed by atoms with Crippen molar-refractivity contribution in [1.29, 1.82) is 0 Å². The summed E-state index contributed by atoms with van der Waals surface area (Å²) in [7, 11) is 5.72. The monoisotopic (exact) mass is 442 g/mol. The first-order valence-electron chi connectivity index (χ1n) is 11.0. The maximum absolute atomic E-state index is 13.1. The van der Waals surface area contributed by atoms with Gasteiger partial charge >= 0.3 is 0 Å². The third kappa shape index (κ3) is 3.50. The number of rotatable bonds is 7. The summed E-state index contributed by atoms with van der Waals surface area (Å²) in [6.07, 6.45) is 4.73. The van der Waals surface area contributed by atoms with Crippen LogP contribution in [0.3, 0.4) is 0 Å². The van der Waals surface area contributed by atoms with Crippen LogP contribution in [0.1, 0.15) is 17.5 Å². The molecule has 5 rings (SSSR count). The number of carbonyl (C=O) groups is 2. The van der Waals surface area contributed by atoms with E-state index in [1.54, 1.807) is 13.3 Å². The van der Waals surface area contributed by atoms with E-state index in [0.717, 1.165) is 41.3 Å². The number of hydrogen-bond donors (Lipinski definition) is 2. The van der Waals surface area contributed by atoms with Gasteiger partial charge in [-0.05, 0) is 45.3 Å². The first-order valence-corrected chi connectivity index (χ1v) is 11.0. The SMILES string of the molecule is COc1cccc2c1c(C1=C(c3c[nH]c4ccccc34)C(=O)NC1=O)cn2CCCN(C)C. The smallest absolute Gasteiger partial charge is 0.259 e. The summed E-state index contributed by atoms with van der Waals surface area (Å²) in [6.45, 7) is 1.73. The lowest BCUT2D eigenvalue weighted by Crippen LogP contribution is -2.22. The standard InChI is InChI=1S/C26H26N4O3/c1-29(2)12-7-13-30-15-18(22-20(30)10-6-11-21(22)33-3)24-23(25(31)28-26(24)32)17-14-27-19-9-5-4-8-16(17)19/h4-6,8-11,14-15,27H,7,12-13H2,1-3H3,(H,28,31,32). The summed E-state index contributed by atoms with van der Waals surface area (Å²) in [6, 6.07) is 13.6. The van der Waals surface area contributed by atoms with Crippen LogP contribution in [0.4, 0.5) is 0 Å². The zero-order valence-corrected chi connectivity index (χ0v) is 18.9. The number of imide groups is 1. The second-order valence-electron chi connectivity index (χ2n) is 8.53. The number of nitrogens with one attached hydrogen (secondary N) is 2. The number of H-pyrrole nitrogens is 1. The van der Waals surface area contributed by atoms with E-state index in [1.807, 2.05) is 48.7 Å². The molecule has 168 valence electrons. The lowest BCUT2D eigenvalue weighted by Gasteiger charge is -2.10.